The van der Waals surface area contributed by atoms with Crippen LogP contribution in [0, 0.1) is 13.8 Å². The summed E-state index contributed by atoms with van der Waals surface area (Å²) < 4.78 is 0. The van der Waals surface area contributed by atoms with E-state index in [-0.39, 0.29) is 5.91 Å². The Labute approximate surface area is 118 Å². The van der Waals surface area contributed by atoms with Crippen LogP contribution >= 0.6 is 0 Å². The van der Waals surface area contributed by atoms with E-state index in [2.05, 4.69) is 36.9 Å². The lowest BCUT2D eigenvalue weighted by atomic mass is 10.1. The molecule has 1 aromatic rings. The van der Waals surface area contributed by atoms with Crippen LogP contribution in [0.2, 0.25) is 0 Å². The van der Waals surface area contributed by atoms with Gasteiger partial charge in [-0.3, -0.25) is 4.79 Å². The second kappa shape index (κ2) is 5.94. The van der Waals surface area contributed by atoms with E-state index in [0.29, 0.717) is 13.1 Å². The van der Waals surface area contributed by atoms with Crippen LogP contribution in [0.25, 0.3) is 0 Å². The minimum absolute atomic E-state index is 0.357. The Bertz CT molecular complexity index is 520. The smallest absolute Gasteiger partial charge is 0.228 e. The minimum atomic E-state index is -1.31. The fourth-order valence-electron chi connectivity index (χ4n) is 2.37. The zero-order valence-electron chi connectivity index (χ0n) is 11.9. The first kappa shape index (κ1) is 14.4. The topological polar surface area (TPSA) is 63.7 Å². The molecule has 1 aliphatic rings. The number of carboxylic acid groups (broad SMARTS) is 1. The molecule has 0 bridgehead atoms. The first-order valence-corrected chi connectivity index (χ1v) is 6.77. The summed E-state index contributed by atoms with van der Waals surface area (Å²) in [7, 11) is 0. The fourth-order valence-corrected chi connectivity index (χ4v) is 2.37. The maximum atomic E-state index is 11.6. The zero-order chi connectivity index (χ0) is 14.7. The van der Waals surface area contributed by atoms with Gasteiger partial charge in [-0.1, -0.05) is 6.07 Å². The number of hydrogen-bond donors (Lipinski definition) is 0. The lowest BCUT2D eigenvalue weighted by Gasteiger charge is -2.36. The molecular weight excluding hydrogens is 256 g/mol. The number of rotatable bonds is 3. The number of benzene rings is 1. The summed E-state index contributed by atoms with van der Waals surface area (Å²) >= 11 is 0. The molecule has 1 saturated heterocycles. The fraction of sp³-hybridized carbons (Fsp3) is 0.467. The van der Waals surface area contributed by atoms with Crippen molar-refractivity contribution in [2.75, 3.05) is 31.1 Å². The highest BCUT2D eigenvalue weighted by Gasteiger charge is 2.21. The molecule has 1 aliphatic heterocycles. The molecule has 108 valence electrons. The molecule has 0 aromatic heterocycles. The Hall–Kier alpha value is -2.04. The first-order chi connectivity index (χ1) is 9.47. The second-order valence-electron chi connectivity index (χ2n) is 5.19. The third-order valence-electron chi connectivity index (χ3n) is 3.78. The molecule has 0 spiro atoms. The van der Waals surface area contributed by atoms with Crippen LogP contribution in [0.3, 0.4) is 0 Å². The summed E-state index contributed by atoms with van der Waals surface area (Å²) in [5.74, 6) is -1.67. The van der Waals surface area contributed by atoms with E-state index in [0.717, 1.165) is 18.8 Å². The highest BCUT2D eigenvalue weighted by atomic mass is 16.4. The van der Waals surface area contributed by atoms with E-state index in [1.807, 2.05) is 0 Å². The predicted molar refractivity (Wildman–Crippen MR) is 74.3 cm³/mol. The van der Waals surface area contributed by atoms with Gasteiger partial charge >= 0.3 is 0 Å². The highest BCUT2D eigenvalue weighted by Crippen LogP contribution is 2.20. The van der Waals surface area contributed by atoms with Gasteiger partial charge in [0.15, 0.2) is 0 Å². The third-order valence-corrected chi connectivity index (χ3v) is 3.78. The molecule has 0 unspecified atom stereocenters. The molecule has 0 radical (unpaired) electrons. The summed E-state index contributed by atoms with van der Waals surface area (Å²) in [5.41, 5.74) is 3.66. The maximum absolute atomic E-state index is 11.6. The van der Waals surface area contributed by atoms with Crippen molar-refractivity contribution in [1.82, 2.24) is 4.90 Å². The van der Waals surface area contributed by atoms with Crippen molar-refractivity contribution in [2.45, 2.75) is 20.3 Å². The number of aliphatic carboxylic acids is 1. The summed E-state index contributed by atoms with van der Waals surface area (Å²) in [4.78, 5) is 25.9. The Morgan fingerprint density at radius 3 is 2.30 bits per heavy atom. The molecule has 5 heteroatoms. The van der Waals surface area contributed by atoms with Crippen molar-refractivity contribution in [3.05, 3.63) is 29.3 Å². The first-order valence-electron chi connectivity index (χ1n) is 6.77. The Morgan fingerprint density at radius 1 is 1.10 bits per heavy atom. The molecule has 1 fully saturated rings. The number of carbonyl (C=O) groups excluding carboxylic acids is 2. The zero-order valence-corrected chi connectivity index (χ0v) is 11.9. The molecule has 1 aromatic carbocycles. The van der Waals surface area contributed by atoms with E-state index >= 15 is 0 Å². The SMILES string of the molecule is Cc1ccc(N2CCN(C(=O)CC(=O)[O-])CC2)cc1C. The Balaban J connectivity index is 1.95. The van der Waals surface area contributed by atoms with Gasteiger partial charge in [-0.2, -0.15) is 0 Å². The van der Waals surface area contributed by atoms with Crippen LogP contribution in [0.1, 0.15) is 17.5 Å². The van der Waals surface area contributed by atoms with Gasteiger partial charge in [0, 0.05) is 31.9 Å². The van der Waals surface area contributed by atoms with Gasteiger partial charge in [0.25, 0.3) is 0 Å². The molecule has 0 N–H and O–H groups in total. The van der Waals surface area contributed by atoms with Crippen LogP contribution in [0.4, 0.5) is 5.69 Å². The molecular formula is C15H19N2O3-. The summed E-state index contributed by atoms with van der Waals surface area (Å²) in [5, 5.41) is 10.4. The van der Waals surface area contributed by atoms with Gasteiger partial charge in [-0.25, -0.2) is 0 Å². The molecule has 0 atom stereocenters. The number of anilines is 1. The summed E-state index contributed by atoms with van der Waals surface area (Å²) in [6.07, 6.45) is -0.524. The van der Waals surface area contributed by atoms with Crippen LogP contribution < -0.4 is 10.0 Å². The monoisotopic (exact) mass is 275 g/mol. The molecule has 2 rings (SSSR count). The average molecular weight is 275 g/mol. The minimum Gasteiger partial charge on any atom is -0.550 e. The van der Waals surface area contributed by atoms with Crippen LogP contribution in [0.15, 0.2) is 18.2 Å². The number of carbonyl (C=O) groups is 2. The van der Waals surface area contributed by atoms with E-state index in [1.165, 1.54) is 11.1 Å². The molecule has 0 saturated carbocycles. The number of hydrogen-bond acceptors (Lipinski definition) is 4. The van der Waals surface area contributed by atoms with E-state index in [9.17, 15) is 14.7 Å². The van der Waals surface area contributed by atoms with Gasteiger partial charge in [-0.15, -0.1) is 0 Å². The van der Waals surface area contributed by atoms with Crippen molar-refractivity contribution >= 4 is 17.6 Å². The number of amides is 1. The van der Waals surface area contributed by atoms with Gasteiger partial charge in [0.1, 0.15) is 0 Å². The van der Waals surface area contributed by atoms with Crippen molar-refractivity contribution in [3.8, 4) is 0 Å². The normalized spacial score (nSPS) is 15.3. The van der Waals surface area contributed by atoms with E-state index in [1.54, 1.807) is 4.90 Å². The Kier molecular flexibility index (Phi) is 4.27. The standard InChI is InChI=1S/C15H20N2O3/c1-11-3-4-13(9-12(11)2)16-5-7-17(8-6-16)14(18)10-15(19)20/h3-4,9H,5-8,10H2,1-2H3,(H,19,20)/p-1. The number of nitrogens with zero attached hydrogens (tertiary/aromatic N) is 2. The average Bonchev–Trinajstić information content (AvgIpc) is 2.41. The van der Waals surface area contributed by atoms with Crippen molar-refractivity contribution in [3.63, 3.8) is 0 Å². The van der Waals surface area contributed by atoms with Gasteiger partial charge in [-0.05, 0) is 37.1 Å². The molecule has 0 aliphatic carbocycles. The third kappa shape index (κ3) is 3.29. The molecule has 1 heterocycles. The van der Waals surface area contributed by atoms with Crippen LogP contribution in [-0.4, -0.2) is 43.0 Å². The largest absolute Gasteiger partial charge is 0.550 e. The summed E-state index contributed by atoms with van der Waals surface area (Å²) in [6.45, 7) is 6.72. The number of piperazine rings is 1. The molecule has 1 amide bonds. The quantitative estimate of drug-likeness (QED) is 0.734. The van der Waals surface area contributed by atoms with Crippen molar-refractivity contribution in [1.29, 1.82) is 0 Å². The van der Waals surface area contributed by atoms with Crippen LogP contribution in [-0.2, 0) is 9.59 Å². The Morgan fingerprint density at radius 2 is 1.75 bits per heavy atom. The van der Waals surface area contributed by atoms with Crippen LogP contribution in [0.5, 0.6) is 0 Å². The van der Waals surface area contributed by atoms with Crippen molar-refractivity contribution < 1.29 is 14.7 Å². The lowest BCUT2D eigenvalue weighted by molar-refractivity contribution is -0.304. The molecule has 20 heavy (non-hydrogen) atoms. The van der Waals surface area contributed by atoms with E-state index < -0.39 is 12.4 Å². The van der Waals surface area contributed by atoms with Crippen molar-refractivity contribution in [2.24, 2.45) is 0 Å². The highest BCUT2D eigenvalue weighted by molar-refractivity contribution is 5.92. The molecule has 5 nitrogen and oxygen atoms in total. The van der Waals surface area contributed by atoms with E-state index in [4.69, 9.17) is 0 Å². The summed E-state index contributed by atoms with van der Waals surface area (Å²) in [6, 6.07) is 6.33. The number of carboxylic acids is 1. The lowest BCUT2D eigenvalue weighted by Crippen LogP contribution is -2.49. The van der Waals surface area contributed by atoms with Gasteiger partial charge in [0.2, 0.25) is 5.91 Å². The maximum Gasteiger partial charge on any atom is 0.228 e. The predicted octanol–water partition coefficient (Wildman–Crippen LogP) is 0.0920. The second-order valence-corrected chi connectivity index (χ2v) is 5.19. The van der Waals surface area contributed by atoms with Gasteiger partial charge < -0.3 is 19.7 Å². The number of aryl methyl sites for hydroxylation is 2. The van der Waals surface area contributed by atoms with Gasteiger partial charge in [0.05, 0.1) is 12.4 Å².